The molecule has 32 heavy (non-hydrogen) atoms. The highest BCUT2D eigenvalue weighted by Gasteiger charge is 2.49. The third kappa shape index (κ3) is 4.12. The molecule has 2 aromatic rings. The van der Waals surface area contributed by atoms with Crippen molar-refractivity contribution in [1.29, 1.82) is 0 Å². The van der Waals surface area contributed by atoms with Crippen molar-refractivity contribution in [2.45, 2.75) is 83.3 Å². The van der Waals surface area contributed by atoms with Gasteiger partial charge in [-0.3, -0.25) is 19.2 Å². The Kier molecular flexibility index (Phi) is 6.26. The Labute approximate surface area is 190 Å². The van der Waals surface area contributed by atoms with Gasteiger partial charge in [0.25, 0.3) is 5.91 Å². The van der Waals surface area contributed by atoms with Crippen molar-refractivity contribution in [1.82, 2.24) is 15.1 Å². The zero-order valence-corrected chi connectivity index (χ0v) is 19.6. The SMILES string of the molecule is COc1ccc(N2C(=O)c3cc(C(C)C)nn3C[C@@]2(C)C(=O)NC2CCCCCC2)cc1. The second-order valence-electron chi connectivity index (χ2n) is 9.54. The lowest BCUT2D eigenvalue weighted by Crippen LogP contribution is -2.65. The molecular weight excluding hydrogens is 404 g/mol. The molecule has 2 amide bonds. The minimum Gasteiger partial charge on any atom is -0.497 e. The first-order valence-electron chi connectivity index (χ1n) is 11.7. The Morgan fingerprint density at radius 3 is 2.41 bits per heavy atom. The molecule has 7 nitrogen and oxygen atoms in total. The molecule has 172 valence electrons. The summed E-state index contributed by atoms with van der Waals surface area (Å²) in [5, 5.41) is 7.94. The number of hydrogen-bond donors (Lipinski definition) is 1. The fourth-order valence-electron chi connectivity index (χ4n) is 4.78. The number of aromatic nitrogens is 2. The third-order valence-electron chi connectivity index (χ3n) is 6.77. The lowest BCUT2D eigenvalue weighted by molar-refractivity contribution is -0.127. The molecule has 0 spiro atoms. The summed E-state index contributed by atoms with van der Waals surface area (Å²) in [6.45, 7) is 6.27. The monoisotopic (exact) mass is 438 g/mol. The number of methoxy groups -OCH3 is 1. The Bertz CT molecular complexity index is 974. The number of ether oxygens (including phenoxy) is 1. The zero-order valence-electron chi connectivity index (χ0n) is 19.6. The molecule has 0 saturated heterocycles. The molecule has 1 aliphatic carbocycles. The van der Waals surface area contributed by atoms with Crippen molar-refractivity contribution in [2.75, 3.05) is 12.0 Å². The maximum absolute atomic E-state index is 13.7. The Morgan fingerprint density at radius 1 is 1.16 bits per heavy atom. The van der Waals surface area contributed by atoms with E-state index in [9.17, 15) is 9.59 Å². The molecule has 4 rings (SSSR count). The highest BCUT2D eigenvalue weighted by Crippen LogP contribution is 2.34. The van der Waals surface area contributed by atoms with Gasteiger partial charge >= 0.3 is 0 Å². The van der Waals surface area contributed by atoms with Gasteiger partial charge in [-0.1, -0.05) is 39.5 Å². The van der Waals surface area contributed by atoms with Gasteiger partial charge in [0.2, 0.25) is 5.91 Å². The number of hydrogen-bond acceptors (Lipinski definition) is 4. The molecule has 0 unspecified atom stereocenters. The summed E-state index contributed by atoms with van der Waals surface area (Å²) in [5.41, 5.74) is 0.958. The van der Waals surface area contributed by atoms with E-state index in [4.69, 9.17) is 4.74 Å². The topological polar surface area (TPSA) is 76.5 Å². The second kappa shape index (κ2) is 8.96. The molecular formula is C25H34N4O3. The van der Waals surface area contributed by atoms with Crippen molar-refractivity contribution in [3.63, 3.8) is 0 Å². The van der Waals surface area contributed by atoms with Crippen LogP contribution < -0.4 is 15.0 Å². The van der Waals surface area contributed by atoms with E-state index in [0.717, 1.165) is 31.4 Å². The minimum absolute atomic E-state index is 0.124. The normalized spacial score (nSPS) is 21.9. The smallest absolute Gasteiger partial charge is 0.277 e. The molecule has 1 atom stereocenters. The standard InChI is InChI=1S/C25H34N4O3/c1-17(2)21-15-22-23(30)29(19-11-13-20(32-4)14-12-19)25(3,16-28(22)27-21)24(31)26-18-9-7-5-6-8-10-18/h11-15,17-18H,5-10,16H2,1-4H3,(H,26,31)/t25-/m0/s1. The first-order valence-corrected chi connectivity index (χ1v) is 11.7. The number of carbonyl (C=O) groups excluding carboxylic acids is 2. The van der Waals surface area contributed by atoms with Crippen molar-refractivity contribution in [3.8, 4) is 5.75 Å². The number of amides is 2. The van der Waals surface area contributed by atoms with Crippen molar-refractivity contribution in [2.24, 2.45) is 0 Å². The number of carbonyl (C=O) groups is 2. The Hall–Kier alpha value is -2.83. The summed E-state index contributed by atoms with van der Waals surface area (Å²) in [5.74, 6) is 0.566. The van der Waals surface area contributed by atoms with Gasteiger partial charge in [-0.05, 0) is 56.0 Å². The molecule has 1 aromatic heterocycles. The predicted molar refractivity (Wildman–Crippen MR) is 124 cm³/mol. The first-order chi connectivity index (χ1) is 15.3. The van der Waals surface area contributed by atoms with E-state index in [1.54, 1.807) is 16.7 Å². The van der Waals surface area contributed by atoms with Crippen LogP contribution in [0.3, 0.4) is 0 Å². The highest BCUT2D eigenvalue weighted by molar-refractivity contribution is 6.11. The summed E-state index contributed by atoms with van der Waals surface area (Å²) in [6, 6.07) is 9.31. The Morgan fingerprint density at radius 2 is 1.81 bits per heavy atom. The maximum Gasteiger partial charge on any atom is 0.277 e. The minimum atomic E-state index is -1.09. The fourth-order valence-corrected chi connectivity index (χ4v) is 4.78. The van der Waals surface area contributed by atoms with Gasteiger partial charge in [0, 0.05) is 11.7 Å². The lowest BCUT2D eigenvalue weighted by atomic mass is 9.93. The number of nitrogens with zero attached hydrogens (tertiary/aromatic N) is 3. The van der Waals surface area contributed by atoms with Crippen LogP contribution in [0.15, 0.2) is 30.3 Å². The number of nitrogens with one attached hydrogen (secondary N) is 1. The Balaban J connectivity index is 1.72. The molecule has 7 heteroatoms. The summed E-state index contributed by atoms with van der Waals surface area (Å²) >= 11 is 0. The third-order valence-corrected chi connectivity index (χ3v) is 6.77. The van der Waals surface area contributed by atoms with Crippen molar-refractivity contribution >= 4 is 17.5 Å². The van der Waals surface area contributed by atoms with Crippen molar-refractivity contribution in [3.05, 3.63) is 41.7 Å². The van der Waals surface area contributed by atoms with Crippen LogP contribution in [0.1, 0.15) is 81.4 Å². The van der Waals surface area contributed by atoms with E-state index < -0.39 is 5.54 Å². The molecule has 2 aliphatic rings. The average Bonchev–Trinajstić information content (AvgIpc) is 3.04. The van der Waals surface area contributed by atoms with Gasteiger partial charge in [0.05, 0.1) is 19.3 Å². The predicted octanol–water partition coefficient (Wildman–Crippen LogP) is 4.27. The largest absolute Gasteiger partial charge is 0.497 e. The van der Waals surface area contributed by atoms with Crippen LogP contribution >= 0.6 is 0 Å². The van der Waals surface area contributed by atoms with Gasteiger partial charge in [-0.2, -0.15) is 5.10 Å². The number of anilines is 1. The van der Waals surface area contributed by atoms with E-state index >= 15 is 0 Å². The number of benzene rings is 1. The van der Waals surface area contributed by atoms with Gasteiger partial charge < -0.3 is 10.1 Å². The van der Waals surface area contributed by atoms with Gasteiger partial charge in [0.15, 0.2) is 0 Å². The summed E-state index contributed by atoms with van der Waals surface area (Å²) < 4.78 is 7.00. The summed E-state index contributed by atoms with van der Waals surface area (Å²) in [7, 11) is 1.61. The summed E-state index contributed by atoms with van der Waals surface area (Å²) in [4.78, 5) is 29.1. The molecule has 1 saturated carbocycles. The number of rotatable bonds is 5. The molecule has 1 fully saturated rings. The van der Waals surface area contributed by atoms with Gasteiger partial charge in [-0.25, -0.2) is 0 Å². The van der Waals surface area contributed by atoms with Crippen LogP contribution in [-0.4, -0.2) is 40.3 Å². The second-order valence-corrected chi connectivity index (χ2v) is 9.54. The van der Waals surface area contributed by atoms with Crippen LogP contribution in [0.2, 0.25) is 0 Å². The van der Waals surface area contributed by atoms with E-state index in [-0.39, 0.29) is 23.8 Å². The molecule has 1 aromatic carbocycles. The molecule has 2 heterocycles. The molecule has 0 bridgehead atoms. The highest BCUT2D eigenvalue weighted by atomic mass is 16.5. The van der Waals surface area contributed by atoms with Crippen LogP contribution in [0.5, 0.6) is 5.75 Å². The van der Waals surface area contributed by atoms with E-state index in [0.29, 0.717) is 23.7 Å². The van der Waals surface area contributed by atoms with E-state index in [1.807, 2.05) is 37.3 Å². The number of fused-ring (bicyclic) bond motifs is 1. The average molecular weight is 439 g/mol. The van der Waals surface area contributed by atoms with Crippen LogP contribution in [0.25, 0.3) is 0 Å². The first kappa shape index (κ1) is 22.4. The molecule has 1 N–H and O–H groups in total. The van der Waals surface area contributed by atoms with Crippen molar-refractivity contribution < 1.29 is 14.3 Å². The lowest BCUT2D eigenvalue weighted by Gasteiger charge is -2.43. The van der Waals surface area contributed by atoms with Gasteiger partial charge in [0.1, 0.15) is 17.0 Å². The zero-order chi connectivity index (χ0) is 22.9. The van der Waals surface area contributed by atoms with Gasteiger partial charge in [-0.15, -0.1) is 0 Å². The molecule has 0 radical (unpaired) electrons. The quantitative estimate of drug-likeness (QED) is 0.707. The van der Waals surface area contributed by atoms with Crippen LogP contribution in [0.4, 0.5) is 5.69 Å². The van der Waals surface area contributed by atoms with E-state index in [1.165, 1.54) is 12.8 Å². The maximum atomic E-state index is 13.7. The fraction of sp³-hybridized carbons (Fsp3) is 0.560. The summed E-state index contributed by atoms with van der Waals surface area (Å²) in [6.07, 6.45) is 6.67. The van der Waals surface area contributed by atoms with E-state index in [2.05, 4.69) is 24.3 Å². The van der Waals surface area contributed by atoms with Crippen LogP contribution in [-0.2, 0) is 11.3 Å². The van der Waals surface area contributed by atoms with Crippen LogP contribution in [0, 0.1) is 0 Å². The molecule has 1 aliphatic heterocycles.